The first-order valence-electron chi connectivity index (χ1n) is 9.49. The quantitative estimate of drug-likeness (QED) is 0.480. The number of halogens is 3. The minimum absolute atomic E-state index is 0.208. The number of aromatic nitrogens is 4. The number of alkyl halides is 3. The zero-order valence-corrected chi connectivity index (χ0v) is 17.0. The van der Waals surface area contributed by atoms with Crippen molar-refractivity contribution >= 4 is 28.3 Å². The van der Waals surface area contributed by atoms with E-state index in [1.54, 1.807) is 25.5 Å². The van der Waals surface area contributed by atoms with Gasteiger partial charge in [0.15, 0.2) is 0 Å². The second-order valence-electron chi connectivity index (χ2n) is 7.01. The maximum absolute atomic E-state index is 12.9. The molecule has 0 bridgehead atoms. The first kappa shape index (κ1) is 21.2. The molecule has 0 aliphatic heterocycles. The minimum Gasteiger partial charge on any atom is -0.373 e. The third kappa shape index (κ3) is 4.34. The summed E-state index contributed by atoms with van der Waals surface area (Å²) in [7, 11) is 1.77. The predicted octanol–water partition coefficient (Wildman–Crippen LogP) is 4.71. The van der Waals surface area contributed by atoms with E-state index < -0.39 is 17.6 Å². The van der Waals surface area contributed by atoms with Gasteiger partial charge in [0.25, 0.3) is 5.91 Å². The maximum atomic E-state index is 12.9. The van der Waals surface area contributed by atoms with Crippen molar-refractivity contribution in [2.24, 2.45) is 0 Å². The van der Waals surface area contributed by atoms with Crippen LogP contribution in [0.5, 0.6) is 0 Å². The van der Waals surface area contributed by atoms with Crippen LogP contribution in [0, 0.1) is 6.92 Å². The van der Waals surface area contributed by atoms with E-state index >= 15 is 0 Å². The van der Waals surface area contributed by atoms with Crippen molar-refractivity contribution in [1.82, 2.24) is 19.9 Å². The molecule has 0 spiro atoms. The molecule has 7 nitrogen and oxygen atoms in total. The van der Waals surface area contributed by atoms with Crippen LogP contribution in [0.25, 0.3) is 22.0 Å². The molecule has 0 aliphatic carbocycles. The highest BCUT2D eigenvalue weighted by molar-refractivity contribution is 6.04. The number of nitrogens with one attached hydrogen (secondary N) is 2. The van der Waals surface area contributed by atoms with Gasteiger partial charge in [0.1, 0.15) is 5.82 Å². The summed E-state index contributed by atoms with van der Waals surface area (Å²) in [4.78, 5) is 29.1. The molecule has 1 amide bonds. The molecule has 0 fully saturated rings. The van der Waals surface area contributed by atoms with Crippen molar-refractivity contribution in [1.29, 1.82) is 0 Å². The lowest BCUT2D eigenvalue weighted by atomic mass is 10.0. The van der Waals surface area contributed by atoms with Gasteiger partial charge in [-0.25, -0.2) is 4.98 Å². The molecule has 0 aromatic carbocycles. The monoisotopic (exact) mass is 438 g/mol. The van der Waals surface area contributed by atoms with Gasteiger partial charge in [0.05, 0.1) is 28.5 Å². The summed E-state index contributed by atoms with van der Waals surface area (Å²) < 4.78 is 38.7. The van der Waals surface area contributed by atoms with E-state index in [0.717, 1.165) is 34.3 Å². The number of fused-ring (bicyclic) bond motifs is 1. The Kier molecular flexibility index (Phi) is 5.43. The standard InChI is InChI=1S/C22H17F3N6O/c1-12-18(13-3-14-9-30-20(26-2)6-19(14)29-8-13)5-17(11-28-12)31-21(32)15-4-16(10-27-7-15)22(23,24)25/h3-11H,1-2H3,(H,26,30)(H,31,32). The minimum atomic E-state index is -4.59. The smallest absolute Gasteiger partial charge is 0.373 e. The van der Waals surface area contributed by atoms with Gasteiger partial charge in [0.2, 0.25) is 0 Å². The van der Waals surface area contributed by atoms with Crippen LogP contribution in [0.4, 0.5) is 24.7 Å². The summed E-state index contributed by atoms with van der Waals surface area (Å²) in [6.07, 6.45) is 1.98. The lowest BCUT2D eigenvalue weighted by Gasteiger charge is -2.11. The Labute approximate surface area is 180 Å². The molecule has 0 atom stereocenters. The molecule has 4 aromatic rings. The number of amides is 1. The van der Waals surface area contributed by atoms with Gasteiger partial charge >= 0.3 is 6.18 Å². The zero-order chi connectivity index (χ0) is 22.9. The topological polar surface area (TPSA) is 92.7 Å². The normalized spacial score (nSPS) is 11.4. The highest BCUT2D eigenvalue weighted by atomic mass is 19.4. The van der Waals surface area contributed by atoms with Gasteiger partial charge < -0.3 is 10.6 Å². The molecule has 2 N–H and O–H groups in total. The first-order chi connectivity index (χ1) is 15.2. The van der Waals surface area contributed by atoms with E-state index in [1.165, 1.54) is 6.20 Å². The zero-order valence-electron chi connectivity index (χ0n) is 17.0. The highest BCUT2D eigenvalue weighted by Gasteiger charge is 2.31. The summed E-state index contributed by atoms with van der Waals surface area (Å²) >= 11 is 0. The molecule has 4 heterocycles. The Morgan fingerprint density at radius 2 is 1.75 bits per heavy atom. The lowest BCUT2D eigenvalue weighted by Crippen LogP contribution is -2.15. The second-order valence-corrected chi connectivity index (χ2v) is 7.01. The van der Waals surface area contributed by atoms with Gasteiger partial charge in [0, 0.05) is 60.1 Å². The number of hydrogen-bond acceptors (Lipinski definition) is 6. The number of carbonyl (C=O) groups is 1. The lowest BCUT2D eigenvalue weighted by molar-refractivity contribution is -0.137. The van der Waals surface area contributed by atoms with Crippen molar-refractivity contribution in [2.45, 2.75) is 13.1 Å². The predicted molar refractivity (Wildman–Crippen MR) is 114 cm³/mol. The molecule has 4 aromatic heterocycles. The Morgan fingerprint density at radius 1 is 0.938 bits per heavy atom. The molecular formula is C22H17F3N6O. The molecule has 0 aliphatic rings. The van der Waals surface area contributed by atoms with E-state index in [9.17, 15) is 18.0 Å². The fourth-order valence-electron chi connectivity index (χ4n) is 3.12. The maximum Gasteiger partial charge on any atom is 0.417 e. The van der Waals surface area contributed by atoms with E-state index in [1.807, 2.05) is 19.1 Å². The van der Waals surface area contributed by atoms with Crippen LogP contribution in [0.2, 0.25) is 0 Å². The first-order valence-corrected chi connectivity index (χ1v) is 9.49. The van der Waals surface area contributed by atoms with Crippen molar-refractivity contribution in [3.63, 3.8) is 0 Å². The Bertz CT molecular complexity index is 1320. The number of carbonyl (C=O) groups excluding carboxylic acids is 1. The Morgan fingerprint density at radius 3 is 2.50 bits per heavy atom. The number of nitrogens with zero attached hydrogens (tertiary/aromatic N) is 4. The van der Waals surface area contributed by atoms with Crippen LogP contribution >= 0.6 is 0 Å². The fourth-order valence-corrected chi connectivity index (χ4v) is 3.12. The van der Waals surface area contributed by atoms with Crippen LogP contribution in [-0.4, -0.2) is 32.9 Å². The molecule has 162 valence electrons. The molecule has 0 saturated carbocycles. The number of anilines is 2. The number of hydrogen-bond donors (Lipinski definition) is 2. The van der Waals surface area contributed by atoms with Gasteiger partial charge in [-0.05, 0) is 25.1 Å². The fraction of sp³-hybridized carbons (Fsp3) is 0.136. The van der Waals surface area contributed by atoms with Crippen molar-refractivity contribution in [2.75, 3.05) is 17.7 Å². The van der Waals surface area contributed by atoms with Crippen LogP contribution in [0.3, 0.4) is 0 Å². The van der Waals surface area contributed by atoms with E-state index in [4.69, 9.17) is 0 Å². The molecule has 4 rings (SSSR count). The van der Waals surface area contributed by atoms with Gasteiger partial charge in [-0.15, -0.1) is 0 Å². The highest BCUT2D eigenvalue weighted by Crippen LogP contribution is 2.30. The Balaban J connectivity index is 1.63. The summed E-state index contributed by atoms with van der Waals surface area (Å²) in [5.74, 6) is -0.0231. The molecule has 0 radical (unpaired) electrons. The molecule has 0 unspecified atom stereocenters. The van der Waals surface area contributed by atoms with Crippen molar-refractivity contribution in [3.05, 3.63) is 72.1 Å². The van der Waals surface area contributed by atoms with Crippen LogP contribution in [0.1, 0.15) is 21.6 Å². The average molecular weight is 438 g/mol. The van der Waals surface area contributed by atoms with Gasteiger partial charge in [-0.3, -0.25) is 19.7 Å². The molecule has 10 heteroatoms. The third-order valence-corrected chi connectivity index (χ3v) is 4.81. The average Bonchev–Trinajstić information content (AvgIpc) is 2.79. The van der Waals surface area contributed by atoms with Gasteiger partial charge in [-0.2, -0.15) is 13.2 Å². The number of rotatable bonds is 4. The summed E-state index contributed by atoms with van der Waals surface area (Å²) in [5, 5.41) is 6.36. The van der Waals surface area contributed by atoms with Crippen LogP contribution in [0.15, 0.2) is 55.2 Å². The molecule has 32 heavy (non-hydrogen) atoms. The van der Waals surface area contributed by atoms with Gasteiger partial charge in [-0.1, -0.05) is 0 Å². The van der Waals surface area contributed by atoms with Crippen molar-refractivity contribution < 1.29 is 18.0 Å². The SMILES string of the molecule is CNc1cc2ncc(-c3cc(NC(=O)c4cncc(C(F)(F)F)c4)cnc3C)cc2cn1. The Hall–Kier alpha value is -4.08. The molecule has 0 saturated heterocycles. The summed E-state index contributed by atoms with van der Waals surface area (Å²) in [5.41, 5.74) is 2.07. The molecular weight excluding hydrogens is 421 g/mol. The number of pyridine rings is 4. The van der Waals surface area contributed by atoms with Crippen LogP contribution in [-0.2, 0) is 6.18 Å². The summed E-state index contributed by atoms with van der Waals surface area (Å²) in [6, 6.07) is 6.18. The van der Waals surface area contributed by atoms with Crippen LogP contribution < -0.4 is 10.6 Å². The second kappa shape index (κ2) is 8.22. The third-order valence-electron chi connectivity index (χ3n) is 4.81. The van der Waals surface area contributed by atoms with E-state index in [2.05, 4.69) is 30.6 Å². The summed E-state index contributed by atoms with van der Waals surface area (Å²) in [6.45, 7) is 1.81. The van der Waals surface area contributed by atoms with Crippen molar-refractivity contribution in [3.8, 4) is 11.1 Å². The largest absolute Gasteiger partial charge is 0.417 e. The number of aryl methyl sites for hydroxylation is 1. The van der Waals surface area contributed by atoms with E-state index in [-0.39, 0.29) is 5.56 Å². The van der Waals surface area contributed by atoms with E-state index in [0.29, 0.717) is 23.4 Å².